The summed E-state index contributed by atoms with van der Waals surface area (Å²) in [6.07, 6.45) is 1.44. The Morgan fingerprint density at radius 3 is 2.24 bits per heavy atom. The minimum atomic E-state index is -0.395. The molecule has 0 aliphatic carbocycles. The van der Waals surface area contributed by atoms with Gasteiger partial charge in [-0.3, -0.25) is 9.59 Å². The molecule has 146 valence electrons. The van der Waals surface area contributed by atoms with E-state index in [1.165, 1.54) is 6.20 Å². The van der Waals surface area contributed by atoms with Gasteiger partial charge in [0, 0.05) is 17.5 Å². The monoisotopic (exact) mass is 406 g/mol. The van der Waals surface area contributed by atoms with Crippen molar-refractivity contribution >= 4 is 40.6 Å². The second-order valence-corrected chi connectivity index (χ2v) is 6.91. The molecule has 0 aliphatic rings. The summed E-state index contributed by atoms with van der Waals surface area (Å²) in [5, 5.41) is 13.6. The second kappa shape index (κ2) is 8.67. The van der Waals surface area contributed by atoms with Crippen molar-refractivity contribution in [2.45, 2.75) is 13.8 Å². The topological polar surface area (TPSA) is 94.9 Å². The lowest BCUT2D eigenvalue weighted by atomic mass is 10.1. The van der Waals surface area contributed by atoms with Crippen LogP contribution in [0, 0.1) is 12.3 Å². The number of carbonyl (C=O) groups is 2. The minimum Gasteiger partial charge on any atom is -0.321 e. The molecule has 0 unspecified atom stereocenters. The van der Waals surface area contributed by atoms with E-state index in [9.17, 15) is 9.59 Å². The Labute approximate surface area is 173 Å². The summed E-state index contributed by atoms with van der Waals surface area (Å²) in [4.78, 5) is 29.5. The number of hydrogen-bond acceptors (Lipinski definition) is 4. The first-order chi connectivity index (χ1) is 13.8. The standard InChI is InChI=1S/C22H19ClN4O2/c1-13-4-3-5-18(22(29)26-19-11-10-17(23)12-25-19)20(13)27-21(28)16-8-6-15(7-9-16)14(2)24/h3-12,24H,1-2H3,(H,27,28)(H,25,26,29). The van der Waals surface area contributed by atoms with Gasteiger partial charge >= 0.3 is 0 Å². The van der Waals surface area contributed by atoms with Gasteiger partial charge in [0.2, 0.25) is 0 Å². The summed E-state index contributed by atoms with van der Waals surface area (Å²) >= 11 is 5.82. The molecule has 0 saturated carbocycles. The Morgan fingerprint density at radius 2 is 1.62 bits per heavy atom. The molecule has 1 heterocycles. The van der Waals surface area contributed by atoms with E-state index in [1.54, 1.807) is 55.5 Å². The van der Waals surface area contributed by atoms with Crippen LogP contribution in [0.25, 0.3) is 0 Å². The van der Waals surface area contributed by atoms with Gasteiger partial charge in [-0.05, 0) is 55.3 Å². The zero-order valence-electron chi connectivity index (χ0n) is 15.9. The van der Waals surface area contributed by atoms with Gasteiger partial charge in [0.05, 0.1) is 16.3 Å². The SMILES string of the molecule is CC(=N)c1ccc(C(=O)Nc2c(C)cccc2C(=O)Nc2ccc(Cl)cn2)cc1. The van der Waals surface area contributed by atoms with Crippen LogP contribution in [0.4, 0.5) is 11.5 Å². The molecule has 7 heteroatoms. The molecule has 29 heavy (non-hydrogen) atoms. The third-order valence-corrected chi connectivity index (χ3v) is 4.53. The zero-order valence-corrected chi connectivity index (χ0v) is 16.7. The Bertz CT molecular complexity index is 1080. The van der Waals surface area contributed by atoms with Gasteiger partial charge in [0.1, 0.15) is 5.82 Å². The molecule has 0 aliphatic heterocycles. The molecule has 3 rings (SSSR count). The number of carbonyl (C=O) groups excluding carboxylic acids is 2. The highest BCUT2D eigenvalue weighted by Crippen LogP contribution is 2.23. The lowest BCUT2D eigenvalue weighted by molar-refractivity contribution is 0.102. The van der Waals surface area contributed by atoms with Gasteiger partial charge in [-0.1, -0.05) is 35.9 Å². The summed E-state index contributed by atoms with van der Waals surface area (Å²) in [5.41, 5.74) is 3.10. The maximum atomic E-state index is 12.8. The second-order valence-electron chi connectivity index (χ2n) is 6.47. The van der Waals surface area contributed by atoms with Crippen LogP contribution in [0.5, 0.6) is 0 Å². The number of benzene rings is 2. The van der Waals surface area contributed by atoms with Crippen molar-refractivity contribution in [3.05, 3.63) is 88.1 Å². The Hall–Kier alpha value is -3.51. The molecule has 0 fully saturated rings. The molecule has 0 saturated heterocycles. The first-order valence-corrected chi connectivity index (χ1v) is 9.22. The molecule has 2 aromatic carbocycles. The van der Waals surface area contributed by atoms with Gasteiger partial charge in [-0.25, -0.2) is 4.98 Å². The lowest BCUT2D eigenvalue weighted by Crippen LogP contribution is -2.19. The van der Waals surface area contributed by atoms with Crippen molar-refractivity contribution in [2.24, 2.45) is 0 Å². The van der Waals surface area contributed by atoms with E-state index >= 15 is 0 Å². The number of aryl methyl sites for hydroxylation is 1. The van der Waals surface area contributed by atoms with Gasteiger partial charge in [0.15, 0.2) is 0 Å². The molecule has 0 radical (unpaired) electrons. The Kier molecular flexibility index (Phi) is 6.04. The number of amides is 2. The first-order valence-electron chi connectivity index (χ1n) is 8.84. The molecular weight excluding hydrogens is 388 g/mol. The maximum Gasteiger partial charge on any atom is 0.258 e. The predicted octanol–water partition coefficient (Wildman–Crippen LogP) is 4.94. The van der Waals surface area contributed by atoms with E-state index < -0.39 is 5.91 Å². The minimum absolute atomic E-state index is 0.321. The number of nitrogens with zero attached hydrogens (tertiary/aromatic N) is 1. The van der Waals surface area contributed by atoms with Crippen LogP contribution in [0.3, 0.4) is 0 Å². The van der Waals surface area contributed by atoms with E-state index in [-0.39, 0.29) is 5.91 Å². The fourth-order valence-electron chi connectivity index (χ4n) is 2.71. The number of para-hydroxylation sites is 1. The van der Waals surface area contributed by atoms with Crippen LogP contribution in [0.15, 0.2) is 60.8 Å². The van der Waals surface area contributed by atoms with Gasteiger partial charge in [0.25, 0.3) is 11.8 Å². The molecule has 3 N–H and O–H groups in total. The third-order valence-electron chi connectivity index (χ3n) is 4.31. The molecule has 0 bridgehead atoms. The van der Waals surface area contributed by atoms with E-state index in [1.807, 2.05) is 13.0 Å². The number of nitrogens with one attached hydrogen (secondary N) is 3. The van der Waals surface area contributed by atoms with Crippen molar-refractivity contribution in [1.82, 2.24) is 4.98 Å². The van der Waals surface area contributed by atoms with Gasteiger partial charge < -0.3 is 16.0 Å². The molecule has 2 amide bonds. The summed E-state index contributed by atoms with van der Waals surface area (Å²) < 4.78 is 0. The van der Waals surface area contributed by atoms with E-state index in [4.69, 9.17) is 17.0 Å². The predicted molar refractivity (Wildman–Crippen MR) is 115 cm³/mol. The number of pyridine rings is 1. The van der Waals surface area contributed by atoms with E-state index in [0.29, 0.717) is 33.4 Å². The Morgan fingerprint density at radius 1 is 0.931 bits per heavy atom. The number of rotatable bonds is 5. The van der Waals surface area contributed by atoms with Gasteiger partial charge in [-0.2, -0.15) is 0 Å². The van der Waals surface area contributed by atoms with Crippen LogP contribution in [0.1, 0.15) is 38.8 Å². The van der Waals surface area contributed by atoms with Crippen LogP contribution in [-0.4, -0.2) is 22.5 Å². The highest BCUT2D eigenvalue weighted by molar-refractivity contribution is 6.30. The molecule has 1 aromatic heterocycles. The average Bonchev–Trinajstić information content (AvgIpc) is 2.71. The van der Waals surface area contributed by atoms with Crippen molar-refractivity contribution < 1.29 is 9.59 Å². The van der Waals surface area contributed by atoms with Crippen molar-refractivity contribution in [3.8, 4) is 0 Å². The molecule has 0 atom stereocenters. The number of aromatic nitrogens is 1. The summed E-state index contributed by atoms with van der Waals surface area (Å²) in [6, 6.07) is 15.2. The van der Waals surface area contributed by atoms with Gasteiger partial charge in [-0.15, -0.1) is 0 Å². The van der Waals surface area contributed by atoms with Crippen molar-refractivity contribution in [1.29, 1.82) is 5.41 Å². The highest BCUT2D eigenvalue weighted by atomic mass is 35.5. The number of hydrogen-bond donors (Lipinski definition) is 3. The zero-order chi connectivity index (χ0) is 21.0. The first kappa shape index (κ1) is 20.2. The maximum absolute atomic E-state index is 12.8. The smallest absolute Gasteiger partial charge is 0.258 e. The van der Waals surface area contributed by atoms with Crippen LogP contribution in [-0.2, 0) is 0 Å². The molecule has 6 nitrogen and oxygen atoms in total. The summed E-state index contributed by atoms with van der Waals surface area (Å²) in [5.74, 6) is -0.378. The Balaban J connectivity index is 1.83. The number of halogens is 1. The quantitative estimate of drug-likeness (QED) is 0.524. The lowest BCUT2D eigenvalue weighted by Gasteiger charge is -2.14. The van der Waals surface area contributed by atoms with E-state index in [0.717, 1.165) is 11.1 Å². The molecule has 0 spiro atoms. The highest BCUT2D eigenvalue weighted by Gasteiger charge is 2.17. The fraction of sp³-hybridized carbons (Fsp3) is 0.0909. The molecule has 3 aromatic rings. The number of anilines is 2. The third kappa shape index (κ3) is 4.86. The van der Waals surface area contributed by atoms with Crippen LogP contribution < -0.4 is 10.6 Å². The summed E-state index contributed by atoms with van der Waals surface area (Å²) in [7, 11) is 0. The van der Waals surface area contributed by atoms with Crippen molar-refractivity contribution in [2.75, 3.05) is 10.6 Å². The van der Waals surface area contributed by atoms with Crippen LogP contribution in [0.2, 0.25) is 5.02 Å². The van der Waals surface area contributed by atoms with Crippen molar-refractivity contribution in [3.63, 3.8) is 0 Å². The summed E-state index contributed by atoms with van der Waals surface area (Å²) in [6.45, 7) is 3.50. The van der Waals surface area contributed by atoms with E-state index in [2.05, 4.69) is 15.6 Å². The largest absolute Gasteiger partial charge is 0.321 e. The normalized spacial score (nSPS) is 10.3. The fourth-order valence-corrected chi connectivity index (χ4v) is 2.83. The van der Waals surface area contributed by atoms with Crippen LogP contribution >= 0.6 is 11.6 Å². The molecular formula is C22H19ClN4O2. The average molecular weight is 407 g/mol.